The maximum absolute atomic E-state index is 11.9. The van der Waals surface area contributed by atoms with Crippen molar-refractivity contribution in [1.82, 2.24) is 15.0 Å². The molecular formula is C30H29N3O2S2. The van der Waals surface area contributed by atoms with Gasteiger partial charge in [-0.15, -0.1) is 0 Å². The molecule has 0 radical (unpaired) electrons. The van der Waals surface area contributed by atoms with Crippen molar-refractivity contribution in [3.8, 4) is 11.3 Å². The number of hydrogen-bond acceptors (Lipinski definition) is 6. The molecule has 188 valence electrons. The molecule has 1 aliphatic rings. The fraction of sp³-hybridized carbons (Fsp3) is 0.233. The van der Waals surface area contributed by atoms with Gasteiger partial charge in [0.2, 0.25) is 0 Å². The predicted octanol–water partition coefficient (Wildman–Crippen LogP) is 6.82. The Morgan fingerprint density at radius 2 is 1.73 bits per heavy atom. The lowest BCUT2D eigenvalue weighted by Crippen LogP contribution is -2.12. The van der Waals surface area contributed by atoms with Crippen LogP contribution in [-0.2, 0) is 14.6 Å². The molecule has 5 rings (SSSR count). The minimum Gasteiger partial charge on any atom is -0.257 e. The van der Waals surface area contributed by atoms with E-state index in [1.807, 2.05) is 24.0 Å². The molecule has 7 heteroatoms. The van der Waals surface area contributed by atoms with E-state index < -0.39 is 9.84 Å². The first kappa shape index (κ1) is 25.4. The third-order valence-electron chi connectivity index (χ3n) is 6.97. The molecule has 0 spiro atoms. The summed E-state index contributed by atoms with van der Waals surface area (Å²) in [5, 5.41) is 1.13. The first-order valence-electron chi connectivity index (χ1n) is 12.1. The SMILES string of the molecule is CSC(C)(C)c1cc(C2=CC=CC(c3nccnc3-c3ccc(S(C)(=O)=O)cc3)C2)c2ncccc2c1. The number of nitrogens with zero attached hydrogens (tertiary/aromatic N) is 3. The highest BCUT2D eigenvalue weighted by Crippen LogP contribution is 2.41. The Morgan fingerprint density at radius 1 is 0.973 bits per heavy atom. The van der Waals surface area contributed by atoms with Gasteiger partial charge in [0, 0.05) is 52.0 Å². The van der Waals surface area contributed by atoms with Crippen LogP contribution in [0.2, 0.25) is 0 Å². The second kappa shape index (κ2) is 9.88. The van der Waals surface area contributed by atoms with E-state index in [-0.39, 0.29) is 15.6 Å². The number of benzene rings is 2. The van der Waals surface area contributed by atoms with Crippen molar-refractivity contribution in [2.24, 2.45) is 0 Å². The number of pyridine rings is 1. The number of thioether (sulfide) groups is 1. The van der Waals surface area contributed by atoms with E-state index in [1.165, 1.54) is 17.4 Å². The van der Waals surface area contributed by atoms with Crippen LogP contribution in [0.5, 0.6) is 0 Å². The zero-order valence-corrected chi connectivity index (χ0v) is 23.0. The number of aromatic nitrogens is 3. The van der Waals surface area contributed by atoms with Crippen LogP contribution in [-0.4, -0.2) is 35.9 Å². The van der Waals surface area contributed by atoms with Gasteiger partial charge in [0.1, 0.15) is 0 Å². The lowest BCUT2D eigenvalue weighted by Gasteiger charge is -2.26. The zero-order chi connectivity index (χ0) is 26.2. The molecule has 1 unspecified atom stereocenters. The van der Waals surface area contributed by atoms with Crippen molar-refractivity contribution in [3.63, 3.8) is 0 Å². The van der Waals surface area contributed by atoms with E-state index in [9.17, 15) is 8.42 Å². The molecular weight excluding hydrogens is 498 g/mol. The largest absolute Gasteiger partial charge is 0.257 e. The molecule has 0 bridgehead atoms. The summed E-state index contributed by atoms with van der Waals surface area (Å²) in [7, 11) is -3.27. The molecule has 5 nitrogen and oxygen atoms in total. The molecule has 2 aromatic carbocycles. The molecule has 0 saturated carbocycles. The van der Waals surface area contributed by atoms with Crippen molar-refractivity contribution in [2.45, 2.75) is 35.8 Å². The Balaban J connectivity index is 1.54. The van der Waals surface area contributed by atoms with Crippen LogP contribution in [0, 0.1) is 0 Å². The first-order valence-corrected chi connectivity index (χ1v) is 15.2. The molecule has 0 N–H and O–H groups in total. The Morgan fingerprint density at radius 3 is 2.46 bits per heavy atom. The summed E-state index contributed by atoms with van der Waals surface area (Å²) in [6.45, 7) is 4.50. The van der Waals surface area contributed by atoms with Gasteiger partial charge in [-0.05, 0) is 68.0 Å². The summed E-state index contributed by atoms with van der Waals surface area (Å²) in [4.78, 5) is 14.4. The second-order valence-corrected chi connectivity index (χ2v) is 13.2. The summed E-state index contributed by atoms with van der Waals surface area (Å²) >= 11 is 1.83. The van der Waals surface area contributed by atoms with Crippen molar-refractivity contribution >= 4 is 38.1 Å². The van der Waals surface area contributed by atoms with Gasteiger partial charge in [-0.25, -0.2) is 8.42 Å². The third kappa shape index (κ3) is 5.11. The van der Waals surface area contributed by atoms with Gasteiger partial charge in [-0.1, -0.05) is 36.4 Å². The average molecular weight is 528 g/mol. The molecule has 37 heavy (non-hydrogen) atoms. The fourth-order valence-corrected chi connectivity index (χ4v) is 5.66. The Labute approximate surface area is 222 Å². The maximum atomic E-state index is 11.9. The molecule has 1 atom stereocenters. The van der Waals surface area contributed by atoms with Crippen molar-refractivity contribution in [1.29, 1.82) is 0 Å². The maximum Gasteiger partial charge on any atom is 0.175 e. The molecule has 0 saturated heterocycles. The summed E-state index contributed by atoms with van der Waals surface area (Å²) in [6, 6.07) is 15.5. The van der Waals surface area contributed by atoms with Gasteiger partial charge >= 0.3 is 0 Å². The van der Waals surface area contributed by atoms with Crippen LogP contribution >= 0.6 is 11.8 Å². The molecule has 1 aliphatic carbocycles. The lowest BCUT2D eigenvalue weighted by atomic mass is 9.84. The van der Waals surface area contributed by atoms with Crippen LogP contribution in [0.1, 0.15) is 43.0 Å². The van der Waals surface area contributed by atoms with E-state index in [0.717, 1.165) is 39.8 Å². The smallest absolute Gasteiger partial charge is 0.175 e. The highest BCUT2D eigenvalue weighted by Gasteiger charge is 2.25. The van der Waals surface area contributed by atoms with Crippen molar-refractivity contribution in [3.05, 3.63) is 102 Å². The van der Waals surface area contributed by atoms with E-state index in [4.69, 9.17) is 9.97 Å². The zero-order valence-electron chi connectivity index (χ0n) is 21.3. The van der Waals surface area contributed by atoms with Gasteiger partial charge in [0.15, 0.2) is 9.84 Å². The van der Waals surface area contributed by atoms with Crippen LogP contribution in [0.15, 0.2) is 90.2 Å². The molecule has 0 amide bonds. The molecule has 0 aliphatic heterocycles. The monoisotopic (exact) mass is 527 g/mol. The lowest BCUT2D eigenvalue weighted by molar-refractivity contribution is 0.602. The van der Waals surface area contributed by atoms with Crippen molar-refractivity contribution < 1.29 is 8.42 Å². The minimum atomic E-state index is -3.27. The number of allylic oxidation sites excluding steroid dienone is 4. The number of rotatable bonds is 6. The van der Waals surface area contributed by atoms with Crippen LogP contribution in [0.3, 0.4) is 0 Å². The average Bonchev–Trinajstić information content (AvgIpc) is 2.92. The van der Waals surface area contributed by atoms with E-state index in [1.54, 1.807) is 36.7 Å². The Kier molecular flexibility index (Phi) is 6.77. The number of sulfone groups is 1. The third-order valence-corrected chi connectivity index (χ3v) is 9.36. The summed E-state index contributed by atoms with van der Waals surface area (Å²) in [5.41, 5.74) is 7.10. The van der Waals surface area contributed by atoms with E-state index in [2.05, 4.69) is 61.5 Å². The van der Waals surface area contributed by atoms with Gasteiger partial charge in [-0.2, -0.15) is 11.8 Å². The van der Waals surface area contributed by atoms with Gasteiger partial charge in [0.25, 0.3) is 0 Å². The second-order valence-electron chi connectivity index (χ2n) is 9.79. The highest BCUT2D eigenvalue weighted by molar-refractivity contribution is 7.99. The Hall–Kier alpha value is -3.29. The Bertz CT molecular complexity index is 1640. The van der Waals surface area contributed by atoms with Crippen molar-refractivity contribution in [2.75, 3.05) is 12.5 Å². The van der Waals surface area contributed by atoms with Gasteiger partial charge in [0.05, 0.1) is 21.8 Å². The van der Waals surface area contributed by atoms with Gasteiger partial charge in [-0.3, -0.25) is 15.0 Å². The van der Waals surface area contributed by atoms with E-state index in [0.29, 0.717) is 0 Å². The minimum absolute atomic E-state index is 0.0225. The molecule has 2 aromatic heterocycles. The van der Waals surface area contributed by atoms with Crippen LogP contribution < -0.4 is 0 Å². The van der Waals surface area contributed by atoms with Crippen LogP contribution in [0.4, 0.5) is 0 Å². The summed E-state index contributed by atoms with van der Waals surface area (Å²) in [5.74, 6) is 0.0225. The highest BCUT2D eigenvalue weighted by atomic mass is 32.2. The fourth-order valence-electron chi connectivity index (χ4n) is 4.67. The normalized spacial score (nSPS) is 16.1. The van der Waals surface area contributed by atoms with Gasteiger partial charge < -0.3 is 0 Å². The number of fused-ring (bicyclic) bond motifs is 1. The first-order chi connectivity index (χ1) is 17.7. The summed E-state index contributed by atoms with van der Waals surface area (Å²) in [6.07, 6.45) is 15.8. The van der Waals surface area contributed by atoms with E-state index >= 15 is 0 Å². The predicted molar refractivity (Wildman–Crippen MR) is 153 cm³/mol. The number of hydrogen-bond donors (Lipinski definition) is 0. The molecule has 2 heterocycles. The quantitative estimate of drug-likeness (QED) is 0.274. The molecule has 0 fully saturated rings. The topological polar surface area (TPSA) is 72.8 Å². The molecule has 4 aromatic rings. The van der Waals surface area contributed by atoms with Crippen LogP contribution in [0.25, 0.3) is 27.7 Å². The standard InChI is InChI=1S/C30H29N3O2S2/c1-30(2,36-3)24-18-23-9-6-14-31-27(23)26(19-24)21-7-5-8-22(17-21)29-28(32-15-16-33-29)20-10-12-25(13-11-20)37(4,34)35/h5-16,18-19,22H,17H2,1-4H3. The summed E-state index contributed by atoms with van der Waals surface area (Å²) < 4.78 is 23.8.